The summed E-state index contributed by atoms with van der Waals surface area (Å²) in [5, 5.41) is 16.0. The molecule has 5 nitrogen and oxygen atoms in total. The van der Waals surface area contributed by atoms with Gasteiger partial charge < -0.3 is 10.4 Å². The van der Waals surface area contributed by atoms with Gasteiger partial charge in [0.05, 0.1) is 23.2 Å². The van der Waals surface area contributed by atoms with E-state index in [9.17, 15) is 9.90 Å². The van der Waals surface area contributed by atoms with Crippen LogP contribution in [0.1, 0.15) is 29.6 Å². The lowest BCUT2D eigenvalue weighted by molar-refractivity contribution is -0.120. The number of nitrogens with zero attached hydrogens (tertiary/aromatic N) is 2. The average Bonchev–Trinajstić information content (AvgIpc) is 3.20. The molecule has 1 amide bonds. The molecular weight excluding hydrogens is 334 g/mol. The number of aliphatic hydroxyl groups is 1. The van der Waals surface area contributed by atoms with Crippen molar-refractivity contribution in [3.05, 3.63) is 52.0 Å². The van der Waals surface area contributed by atoms with E-state index in [-0.39, 0.29) is 18.1 Å². The number of hydrogen-bond acceptors (Lipinski definition) is 5. The third kappa shape index (κ3) is 5.11. The number of carbonyl (C=O) groups excluding carboxylic acids is 1. The van der Waals surface area contributed by atoms with Crippen LogP contribution < -0.4 is 5.32 Å². The molecule has 1 aliphatic heterocycles. The predicted octanol–water partition coefficient (Wildman–Crippen LogP) is 2.00. The van der Waals surface area contributed by atoms with E-state index < -0.39 is 0 Å². The highest BCUT2D eigenvalue weighted by atomic mass is 32.1. The Kier molecular flexibility index (Phi) is 6.18. The molecule has 2 atom stereocenters. The summed E-state index contributed by atoms with van der Waals surface area (Å²) in [6.07, 6.45) is 1.60. The van der Waals surface area contributed by atoms with Gasteiger partial charge in [-0.05, 0) is 18.4 Å². The lowest BCUT2D eigenvalue weighted by Crippen LogP contribution is -2.40. The Balaban J connectivity index is 1.50. The minimum atomic E-state index is -0.323. The van der Waals surface area contributed by atoms with Crippen LogP contribution >= 0.6 is 11.3 Å². The van der Waals surface area contributed by atoms with Gasteiger partial charge in [0.25, 0.3) is 0 Å². The standard InChI is InChI=1S/C19H25N3O2S/c1-2-19-21-15(13-25-19)8-18(24)20-10-16-9-17(23)12-22(16)11-14-6-4-3-5-7-14/h3-7,13,16-17,23H,2,8-12H2,1H3,(H,20,24). The second kappa shape index (κ2) is 8.56. The third-order valence-corrected chi connectivity index (χ3v) is 5.55. The molecule has 0 aliphatic carbocycles. The zero-order chi connectivity index (χ0) is 17.6. The Morgan fingerprint density at radius 1 is 1.40 bits per heavy atom. The van der Waals surface area contributed by atoms with Gasteiger partial charge in [0, 0.05) is 31.1 Å². The van der Waals surface area contributed by atoms with E-state index in [1.807, 2.05) is 23.6 Å². The van der Waals surface area contributed by atoms with Crippen LogP contribution in [0, 0.1) is 0 Å². The second-order valence-corrected chi connectivity index (χ2v) is 7.47. The molecule has 134 valence electrons. The van der Waals surface area contributed by atoms with Crippen molar-refractivity contribution in [2.24, 2.45) is 0 Å². The minimum absolute atomic E-state index is 0.00555. The predicted molar refractivity (Wildman–Crippen MR) is 99.5 cm³/mol. The van der Waals surface area contributed by atoms with Crippen LogP contribution in [0.5, 0.6) is 0 Å². The number of nitrogens with one attached hydrogen (secondary N) is 1. The zero-order valence-electron chi connectivity index (χ0n) is 14.5. The summed E-state index contributed by atoms with van der Waals surface area (Å²) < 4.78 is 0. The van der Waals surface area contributed by atoms with E-state index >= 15 is 0 Å². The van der Waals surface area contributed by atoms with E-state index in [0.717, 1.165) is 23.7 Å². The Labute approximate surface area is 152 Å². The van der Waals surface area contributed by atoms with Crippen LogP contribution in [0.25, 0.3) is 0 Å². The lowest BCUT2D eigenvalue weighted by Gasteiger charge is -2.24. The van der Waals surface area contributed by atoms with Crippen molar-refractivity contribution >= 4 is 17.2 Å². The molecule has 1 aromatic heterocycles. The van der Waals surface area contributed by atoms with E-state index in [4.69, 9.17) is 0 Å². The SMILES string of the molecule is CCc1nc(CC(=O)NCC2CC(O)CN2Cc2ccccc2)cs1. The van der Waals surface area contributed by atoms with E-state index in [1.54, 1.807) is 11.3 Å². The summed E-state index contributed by atoms with van der Waals surface area (Å²) in [7, 11) is 0. The first-order valence-electron chi connectivity index (χ1n) is 8.80. The molecule has 6 heteroatoms. The molecule has 0 radical (unpaired) electrons. The van der Waals surface area contributed by atoms with E-state index in [1.165, 1.54) is 5.56 Å². The third-order valence-electron chi connectivity index (χ3n) is 4.51. The lowest BCUT2D eigenvalue weighted by atomic mass is 10.1. The van der Waals surface area contributed by atoms with Gasteiger partial charge in [-0.15, -0.1) is 11.3 Å². The molecule has 0 saturated carbocycles. The van der Waals surface area contributed by atoms with Crippen LogP contribution in [0.3, 0.4) is 0 Å². The Bertz CT molecular complexity index is 689. The molecule has 2 aromatic rings. The highest BCUT2D eigenvalue weighted by molar-refractivity contribution is 7.09. The van der Waals surface area contributed by atoms with E-state index in [0.29, 0.717) is 25.9 Å². The Morgan fingerprint density at radius 3 is 2.92 bits per heavy atom. The minimum Gasteiger partial charge on any atom is -0.392 e. The summed E-state index contributed by atoms with van der Waals surface area (Å²) in [5.74, 6) is -0.00555. The summed E-state index contributed by atoms with van der Waals surface area (Å²) in [5.41, 5.74) is 2.06. The molecule has 25 heavy (non-hydrogen) atoms. The summed E-state index contributed by atoms with van der Waals surface area (Å²) in [4.78, 5) is 18.9. The topological polar surface area (TPSA) is 65.5 Å². The fourth-order valence-electron chi connectivity index (χ4n) is 3.23. The molecule has 1 aromatic carbocycles. The van der Waals surface area contributed by atoms with Gasteiger partial charge in [0.15, 0.2) is 0 Å². The first kappa shape index (κ1) is 18.0. The monoisotopic (exact) mass is 359 g/mol. The number of thiazole rings is 1. The number of carbonyl (C=O) groups is 1. The Hall–Kier alpha value is -1.76. The maximum Gasteiger partial charge on any atom is 0.226 e. The number of aromatic nitrogens is 1. The van der Waals surface area contributed by atoms with Crippen LogP contribution in [0.2, 0.25) is 0 Å². The first-order valence-corrected chi connectivity index (χ1v) is 9.68. The van der Waals surface area contributed by atoms with Gasteiger partial charge in [-0.1, -0.05) is 37.3 Å². The van der Waals surface area contributed by atoms with Gasteiger partial charge in [-0.3, -0.25) is 9.69 Å². The summed E-state index contributed by atoms with van der Waals surface area (Å²) in [6, 6.07) is 10.4. The first-order chi connectivity index (χ1) is 12.1. The number of aryl methyl sites for hydroxylation is 1. The van der Waals surface area contributed by atoms with Crippen molar-refractivity contribution < 1.29 is 9.90 Å². The number of amides is 1. The van der Waals surface area contributed by atoms with Crippen molar-refractivity contribution in [2.45, 2.75) is 44.9 Å². The fraction of sp³-hybridized carbons (Fsp3) is 0.474. The highest BCUT2D eigenvalue weighted by Gasteiger charge is 2.30. The maximum absolute atomic E-state index is 12.2. The van der Waals surface area contributed by atoms with Crippen LogP contribution in [0.15, 0.2) is 35.7 Å². The van der Waals surface area contributed by atoms with Gasteiger partial charge in [0.1, 0.15) is 0 Å². The molecule has 0 spiro atoms. The van der Waals surface area contributed by atoms with Gasteiger partial charge in [-0.25, -0.2) is 4.98 Å². The van der Waals surface area contributed by atoms with Crippen LogP contribution in [0.4, 0.5) is 0 Å². The quantitative estimate of drug-likeness (QED) is 0.794. The van der Waals surface area contributed by atoms with Crippen molar-refractivity contribution in [1.29, 1.82) is 0 Å². The molecule has 1 fully saturated rings. The molecule has 2 unspecified atom stereocenters. The molecule has 1 aliphatic rings. The average molecular weight is 359 g/mol. The second-order valence-electron chi connectivity index (χ2n) is 6.53. The summed E-state index contributed by atoms with van der Waals surface area (Å²) in [6.45, 7) is 4.08. The number of benzene rings is 1. The van der Waals surface area contributed by atoms with Gasteiger partial charge in [-0.2, -0.15) is 0 Å². The van der Waals surface area contributed by atoms with Crippen LogP contribution in [-0.4, -0.2) is 46.1 Å². The van der Waals surface area contributed by atoms with Crippen molar-refractivity contribution in [3.63, 3.8) is 0 Å². The van der Waals surface area contributed by atoms with Gasteiger partial charge >= 0.3 is 0 Å². The maximum atomic E-state index is 12.2. The van der Waals surface area contributed by atoms with E-state index in [2.05, 4.69) is 34.3 Å². The normalized spacial score (nSPS) is 20.7. The summed E-state index contributed by atoms with van der Waals surface area (Å²) >= 11 is 1.60. The number of β-amino-alcohol motifs (C(OH)–C–C–N with tert-alkyl or cyclic N) is 1. The number of aliphatic hydroxyl groups excluding tert-OH is 1. The molecular formula is C19H25N3O2S. The zero-order valence-corrected chi connectivity index (χ0v) is 15.3. The van der Waals surface area contributed by atoms with Crippen molar-refractivity contribution in [1.82, 2.24) is 15.2 Å². The highest BCUT2D eigenvalue weighted by Crippen LogP contribution is 2.20. The smallest absolute Gasteiger partial charge is 0.226 e. The number of rotatable bonds is 7. The van der Waals surface area contributed by atoms with Crippen molar-refractivity contribution in [3.8, 4) is 0 Å². The fourth-order valence-corrected chi connectivity index (χ4v) is 3.98. The molecule has 0 bridgehead atoms. The largest absolute Gasteiger partial charge is 0.392 e. The number of likely N-dealkylation sites (tertiary alicyclic amines) is 1. The molecule has 2 heterocycles. The van der Waals surface area contributed by atoms with Crippen LogP contribution in [-0.2, 0) is 24.2 Å². The van der Waals surface area contributed by atoms with Gasteiger partial charge in [0.2, 0.25) is 5.91 Å². The van der Waals surface area contributed by atoms with Crippen molar-refractivity contribution in [2.75, 3.05) is 13.1 Å². The molecule has 2 N–H and O–H groups in total. The molecule has 1 saturated heterocycles. The molecule has 3 rings (SSSR count). The number of hydrogen-bond donors (Lipinski definition) is 2. The Morgan fingerprint density at radius 2 is 2.20 bits per heavy atom.